The normalized spacial score (nSPS) is 19.3. The zero-order valence-electron chi connectivity index (χ0n) is 16.0. The van der Waals surface area contributed by atoms with Crippen LogP contribution < -0.4 is 10.6 Å². The van der Waals surface area contributed by atoms with Gasteiger partial charge in [0, 0.05) is 12.0 Å². The first-order valence-corrected chi connectivity index (χ1v) is 10.1. The van der Waals surface area contributed by atoms with Gasteiger partial charge < -0.3 is 10.6 Å². The standard InChI is InChI=1S/C20H38N2O2/c1-16(2)14-17(3)22-19(23)15-21-20(24)18-12-10-8-6-4-5-7-9-11-13-18/h16-18H,4-15H2,1-3H3,(H,21,24)(H,22,23)/t17-/m1/s1. The van der Waals surface area contributed by atoms with Crippen LogP contribution in [0.5, 0.6) is 0 Å². The molecule has 1 aliphatic rings. The van der Waals surface area contributed by atoms with E-state index in [4.69, 9.17) is 0 Å². The first-order valence-electron chi connectivity index (χ1n) is 10.1. The Balaban J connectivity index is 2.33. The Morgan fingerprint density at radius 3 is 1.88 bits per heavy atom. The molecule has 0 heterocycles. The Bertz CT molecular complexity index is 357. The minimum absolute atomic E-state index is 0.0703. The van der Waals surface area contributed by atoms with Gasteiger partial charge in [0.25, 0.3) is 0 Å². The number of amides is 2. The number of rotatable bonds is 6. The van der Waals surface area contributed by atoms with Gasteiger partial charge in [-0.25, -0.2) is 0 Å². The molecule has 0 saturated heterocycles. The summed E-state index contributed by atoms with van der Waals surface area (Å²) >= 11 is 0. The second kappa shape index (κ2) is 12.3. The van der Waals surface area contributed by atoms with Gasteiger partial charge in [-0.3, -0.25) is 9.59 Å². The van der Waals surface area contributed by atoms with Gasteiger partial charge in [-0.15, -0.1) is 0 Å². The highest BCUT2D eigenvalue weighted by molar-refractivity contribution is 5.85. The lowest BCUT2D eigenvalue weighted by molar-refractivity contribution is -0.129. The average molecular weight is 339 g/mol. The molecule has 0 bridgehead atoms. The van der Waals surface area contributed by atoms with Crippen molar-refractivity contribution in [3.63, 3.8) is 0 Å². The molecular formula is C20H38N2O2. The highest BCUT2D eigenvalue weighted by Gasteiger charge is 2.19. The number of hydrogen-bond acceptors (Lipinski definition) is 2. The second-order valence-corrected chi connectivity index (χ2v) is 7.92. The molecule has 1 aliphatic carbocycles. The highest BCUT2D eigenvalue weighted by Crippen LogP contribution is 2.21. The van der Waals surface area contributed by atoms with Crippen molar-refractivity contribution in [2.75, 3.05) is 6.54 Å². The van der Waals surface area contributed by atoms with Crippen molar-refractivity contribution in [2.45, 2.75) is 97.4 Å². The third-order valence-corrected chi connectivity index (χ3v) is 4.88. The van der Waals surface area contributed by atoms with Crippen molar-refractivity contribution in [1.82, 2.24) is 10.6 Å². The second-order valence-electron chi connectivity index (χ2n) is 7.92. The number of carbonyl (C=O) groups excluding carboxylic acids is 2. The largest absolute Gasteiger partial charge is 0.352 e. The van der Waals surface area contributed by atoms with Gasteiger partial charge in [0.05, 0.1) is 6.54 Å². The van der Waals surface area contributed by atoms with Crippen molar-refractivity contribution < 1.29 is 9.59 Å². The maximum atomic E-state index is 12.4. The summed E-state index contributed by atoms with van der Waals surface area (Å²) in [7, 11) is 0. The highest BCUT2D eigenvalue weighted by atomic mass is 16.2. The van der Waals surface area contributed by atoms with Crippen molar-refractivity contribution in [3.8, 4) is 0 Å². The monoisotopic (exact) mass is 338 g/mol. The molecule has 0 aromatic carbocycles. The zero-order valence-corrected chi connectivity index (χ0v) is 16.0. The van der Waals surface area contributed by atoms with E-state index in [1.54, 1.807) is 0 Å². The molecule has 0 spiro atoms. The third-order valence-electron chi connectivity index (χ3n) is 4.88. The van der Waals surface area contributed by atoms with Crippen LogP contribution in [0, 0.1) is 11.8 Å². The van der Waals surface area contributed by atoms with E-state index in [9.17, 15) is 9.59 Å². The number of nitrogens with one attached hydrogen (secondary N) is 2. The summed E-state index contributed by atoms with van der Waals surface area (Å²) in [6.45, 7) is 6.42. The van der Waals surface area contributed by atoms with Gasteiger partial charge in [0.2, 0.25) is 11.8 Å². The van der Waals surface area contributed by atoms with Crippen LogP contribution in [0.4, 0.5) is 0 Å². The molecule has 0 aromatic rings. The van der Waals surface area contributed by atoms with Crippen LogP contribution in [0.25, 0.3) is 0 Å². The summed E-state index contributed by atoms with van der Waals surface area (Å²) in [6, 6.07) is 0.159. The SMILES string of the molecule is CC(C)C[C@@H](C)NC(=O)CNC(=O)C1CCCCCCCCCC1. The lowest BCUT2D eigenvalue weighted by Crippen LogP contribution is -2.42. The molecular weight excluding hydrogens is 300 g/mol. The molecule has 2 N–H and O–H groups in total. The van der Waals surface area contributed by atoms with Gasteiger partial charge in [-0.05, 0) is 32.1 Å². The van der Waals surface area contributed by atoms with E-state index in [2.05, 4.69) is 24.5 Å². The first-order chi connectivity index (χ1) is 11.5. The Kier molecular flexibility index (Phi) is 10.8. The van der Waals surface area contributed by atoms with Gasteiger partial charge in [-0.2, -0.15) is 0 Å². The number of carbonyl (C=O) groups is 2. The fraction of sp³-hybridized carbons (Fsp3) is 0.900. The molecule has 1 rings (SSSR count). The molecule has 24 heavy (non-hydrogen) atoms. The van der Waals surface area contributed by atoms with E-state index in [-0.39, 0.29) is 30.3 Å². The van der Waals surface area contributed by atoms with E-state index in [1.165, 1.54) is 38.5 Å². The zero-order chi connectivity index (χ0) is 17.8. The Morgan fingerprint density at radius 1 is 0.875 bits per heavy atom. The summed E-state index contributed by atoms with van der Waals surface area (Å²) < 4.78 is 0. The topological polar surface area (TPSA) is 58.2 Å². The van der Waals surface area contributed by atoms with E-state index >= 15 is 0 Å². The van der Waals surface area contributed by atoms with Gasteiger partial charge in [0.1, 0.15) is 0 Å². The summed E-state index contributed by atoms with van der Waals surface area (Å²) in [4.78, 5) is 24.4. The van der Waals surface area contributed by atoms with Crippen LogP contribution in [0.3, 0.4) is 0 Å². The summed E-state index contributed by atoms with van der Waals surface area (Å²) in [5, 5.41) is 5.82. The lowest BCUT2D eigenvalue weighted by atomic mass is 9.94. The summed E-state index contributed by atoms with van der Waals surface area (Å²) in [5.41, 5.74) is 0. The minimum Gasteiger partial charge on any atom is -0.352 e. The smallest absolute Gasteiger partial charge is 0.239 e. The molecule has 1 fully saturated rings. The fourth-order valence-corrected chi connectivity index (χ4v) is 3.65. The van der Waals surface area contributed by atoms with Crippen molar-refractivity contribution in [3.05, 3.63) is 0 Å². The molecule has 0 aliphatic heterocycles. The van der Waals surface area contributed by atoms with Crippen molar-refractivity contribution >= 4 is 11.8 Å². The first kappa shape index (κ1) is 21.0. The van der Waals surface area contributed by atoms with Gasteiger partial charge in [0.15, 0.2) is 0 Å². The van der Waals surface area contributed by atoms with E-state index in [0.717, 1.165) is 32.1 Å². The summed E-state index contributed by atoms with van der Waals surface area (Å²) in [5.74, 6) is 0.639. The van der Waals surface area contributed by atoms with Crippen molar-refractivity contribution in [1.29, 1.82) is 0 Å². The van der Waals surface area contributed by atoms with Crippen LogP contribution in [0.2, 0.25) is 0 Å². The molecule has 4 heteroatoms. The molecule has 0 radical (unpaired) electrons. The molecule has 140 valence electrons. The molecule has 1 atom stereocenters. The molecule has 0 aromatic heterocycles. The van der Waals surface area contributed by atoms with Crippen LogP contribution in [-0.4, -0.2) is 24.4 Å². The van der Waals surface area contributed by atoms with Gasteiger partial charge >= 0.3 is 0 Å². The molecule has 4 nitrogen and oxygen atoms in total. The maximum absolute atomic E-state index is 12.4. The lowest BCUT2D eigenvalue weighted by Gasteiger charge is -2.18. The van der Waals surface area contributed by atoms with Crippen LogP contribution in [-0.2, 0) is 9.59 Å². The van der Waals surface area contributed by atoms with E-state index < -0.39 is 0 Å². The van der Waals surface area contributed by atoms with Crippen LogP contribution in [0.15, 0.2) is 0 Å². The average Bonchev–Trinajstić information content (AvgIpc) is 2.57. The molecule has 1 saturated carbocycles. The van der Waals surface area contributed by atoms with Crippen LogP contribution in [0.1, 0.15) is 91.4 Å². The predicted octanol–water partition coefficient (Wildman–Crippen LogP) is 4.18. The van der Waals surface area contributed by atoms with E-state index in [1.807, 2.05) is 6.92 Å². The Labute approximate surface area is 148 Å². The number of hydrogen-bond donors (Lipinski definition) is 2. The van der Waals surface area contributed by atoms with Gasteiger partial charge in [-0.1, -0.05) is 65.2 Å². The fourth-order valence-electron chi connectivity index (χ4n) is 3.65. The quantitative estimate of drug-likeness (QED) is 0.763. The van der Waals surface area contributed by atoms with E-state index in [0.29, 0.717) is 5.92 Å². The predicted molar refractivity (Wildman–Crippen MR) is 99.7 cm³/mol. The van der Waals surface area contributed by atoms with Crippen LogP contribution >= 0.6 is 0 Å². The summed E-state index contributed by atoms with van der Waals surface area (Å²) in [6.07, 6.45) is 12.9. The molecule has 0 unspecified atom stereocenters. The third kappa shape index (κ3) is 9.94. The Morgan fingerprint density at radius 2 is 1.38 bits per heavy atom. The molecule has 2 amide bonds. The maximum Gasteiger partial charge on any atom is 0.239 e. The minimum atomic E-state index is -0.0758. The Hall–Kier alpha value is -1.06. The van der Waals surface area contributed by atoms with Crippen molar-refractivity contribution in [2.24, 2.45) is 11.8 Å².